The summed E-state index contributed by atoms with van der Waals surface area (Å²) >= 11 is 5.87. The Morgan fingerprint density at radius 3 is 2.80 bits per heavy atom. The smallest absolute Gasteiger partial charge is 0.141 e. The van der Waals surface area contributed by atoms with Crippen LogP contribution < -0.4 is 5.73 Å². The Kier molecular flexibility index (Phi) is 4.00. The van der Waals surface area contributed by atoms with Crippen LogP contribution in [0, 0.1) is 0 Å². The van der Waals surface area contributed by atoms with Crippen molar-refractivity contribution in [1.29, 1.82) is 0 Å². The summed E-state index contributed by atoms with van der Waals surface area (Å²) in [6.07, 6.45) is 3.50. The first-order valence-electron chi connectivity index (χ1n) is 4.26. The monoisotopic (exact) mass is 243 g/mol. The maximum atomic E-state index is 5.87. The number of hydrogen-bond acceptors (Lipinski definition) is 2. The summed E-state index contributed by atoms with van der Waals surface area (Å²) in [6, 6.07) is 7.73. The predicted octanol–water partition coefficient (Wildman–Crippen LogP) is 2.59. The number of hydrogen-bond donors (Lipinski definition) is 1. The number of nitrogen functional groups attached to an aromatic ring is 1. The summed E-state index contributed by atoms with van der Waals surface area (Å²) in [4.78, 5) is 3.94. The summed E-state index contributed by atoms with van der Waals surface area (Å²) in [7, 11) is 0. The molecule has 2 N–H and O–H groups in total. The fourth-order valence-corrected chi connectivity index (χ4v) is 1.52. The Balaban J connectivity index is 0.00000112. The van der Waals surface area contributed by atoms with Crippen LogP contribution in [0.4, 0.5) is 5.82 Å². The van der Waals surface area contributed by atoms with E-state index >= 15 is 0 Å². The first kappa shape index (κ1) is 11.9. The largest absolute Gasteiger partial charge is 0.382 e. The molecule has 1 aromatic carbocycles. The summed E-state index contributed by atoms with van der Waals surface area (Å²) in [5, 5.41) is 0.746. The number of nitrogens with zero attached hydrogens (tertiary/aromatic N) is 2. The summed E-state index contributed by atoms with van der Waals surface area (Å²) in [5.74, 6) is 0.534. The number of nitrogens with two attached hydrogens (primary N) is 1. The van der Waals surface area contributed by atoms with Crippen LogP contribution in [0.15, 0.2) is 36.8 Å². The maximum Gasteiger partial charge on any atom is 0.141 e. The molecular formula is C10H11Cl2N3. The zero-order valence-electron chi connectivity index (χ0n) is 7.93. The lowest BCUT2D eigenvalue weighted by Gasteiger charge is -2.02. The van der Waals surface area contributed by atoms with Crippen LogP contribution in [0.1, 0.15) is 5.56 Å². The van der Waals surface area contributed by atoms with E-state index in [1.54, 1.807) is 12.5 Å². The van der Waals surface area contributed by atoms with Gasteiger partial charge in [-0.2, -0.15) is 0 Å². The molecule has 0 unspecified atom stereocenters. The number of rotatable bonds is 2. The van der Waals surface area contributed by atoms with E-state index in [-0.39, 0.29) is 12.4 Å². The number of aromatic nitrogens is 2. The van der Waals surface area contributed by atoms with Crippen molar-refractivity contribution in [2.45, 2.75) is 6.54 Å². The van der Waals surface area contributed by atoms with Crippen LogP contribution >= 0.6 is 24.0 Å². The molecule has 15 heavy (non-hydrogen) atoms. The van der Waals surface area contributed by atoms with Gasteiger partial charge in [0.1, 0.15) is 5.82 Å². The van der Waals surface area contributed by atoms with Crippen LogP contribution in [-0.4, -0.2) is 9.55 Å². The molecule has 3 nitrogen and oxygen atoms in total. The van der Waals surface area contributed by atoms with Crippen molar-refractivity contribution in [1.82, 2.24) is 9.55 Å². The van der Waals surface area contributed by atoms with Crippen molar-refractivity contribution in [3.63, 3.8) is 0 Å². The zero-order valence-corrected chi connectivity index (χ0v) is 9.50. The minimum atomic E-state index is 0. The average Bonchev–Trinajstić information content (AvgIpc) is 2.51. The molecule has 0 spiro atoms. The number of benzene rings is 1. The second-order valence-corrected chi connectivity index (χ2v) is 3.54. The highest BCUT2D eigenvalue weighted by molar-refractivity contribution is 6.30. The molecule has 0 amide bonds. The topological polar surface area (TPSA) is 43.8 Å². The highest BCUT2D eigenvalue weighted by atomic mass is 35.5. The second kappa shape index (κ2) is 5.05. The van der Waals surface area contributed by atoms with Crippen LogP contribution in [-0.2, 0) is 6.54 Å². The quantitative estimate of drug-likeness (QED) is 0.882. The third kappa shape index (κ3) is 3.15. The van der Waals surface area contributed by atoms with Crippen LogP contribution in [0.3, 0.4) is 0 Å². The lowest BCUT2D eigenvalue weighted by molar-refractivity contribution is 0.797. The highest BCUT2D eigenvalue weighted by Crippen LogP contribution is 2.12. The molecule has 0 bridgehead atoms. The van der Waals surface area contributed by atoms with E-state index < -0.39 is 0 Å². The molecule has 1 heterocycles. The van der Waals surface area contributed by atoms with E-state index in [0.717, 1.165) is 17.1 Å². The van der Waals surface area contributed by atoms with Gasteiger partial charge in [-0.1, -0.05) is 23.7 Å². The first-order chi connectivity index (χ1) is 6.74. The third-order valence-corrected chi connectivity index (χ3v) is 2.14. The average molecular weight is 244 g/mol. The molecule has 0 saturated carbocycles. The van der Waals surface area contributed by atoms with Gasteiger partial charge in [-0.25, -0.2) is 4.98 Å². The molecule has 80 valence electrons. The summed E-state index contributed by atoms with van der Waals surface area (Å²) in [5.41, 5.74) is 6.64. The normalized spacial score (nSPS) is 9.67. The Labute approximate surface area is 99.3 Å². The van der Waals surface area contributed by atoms with Gasteiger partial charge in [0, 0.05) is 17.8 Å². The van der Waals surface area contributed by atoms with E-state index in [1.807, 2.05) is 28.8 Å². The van der Waals surface area contributed by atoms with Gasteiger partial charge in [0.15, 0.2) is 0 Å². The molecular weight excluding hydrogens is 233 g/mol. The van der Waals surface area contributed by atoms with Gasteiger partial charge in [0.05, 0.1) is 6.33 Å². The standard InChI is InChI=1S/C10H10ClN3.ClH/c11-9-3-1-2-8(4-9)5-14-6-10(12)13-7-14;/h1-4,6-7H,5,12H2;1H. The van der Waals surface area contributed by atoms with Gasteiger partial charge in [0.25, 0.3) is 0 Å². The maximum absolute atomic E-state index is 5.87. The van der Waals surface area contributed by atoms with Crippen molar-refractivity contribution < 1.29 is 0 Å². The summed E-state index contributed by atoms with van der Waals surface area (Å²) in [6.45, 7) is 0.741. The fourth-order valence-electron chi connectivity index (χ4n) is 1.31. The van der Waals surface area contributed by atoms with Gasteiger partial charge < -0.3 is 10.3 Å². The van der Waals surface area contributed by atoms with Crippen LogP contribution in [0.5, 0.6) is 0 Å². The van der Waals surface area contributed by atoms with Crippen molar-refractivity contribution in [2.75, 3.05) is 5.73 Å². The molecule has 2 rings (SSSR count). The Hall–Kier alpha value is -1.19. The van der Waals surface area contributed by atoms with E-state index in [4.69, 9.17) is 17.3 Å². The van der Waals surface area contributed by atoms with E-state index in [0.29, 0.717) is 5.82 Å². The number of imidazole rings is 1. The van der Waals surface area contributed by atoms with Gasteiger partial charge in [-0.15, -0.1) is 12.4 Å². The summed E-state index contributed by atoms with van der Waals surface area (Å²) < 4.78 is 1.92. The third-order valence-electron chi connectivity index (χ3n) is 1.91. The number of anilines is 1. The van der Waals surface area contributed by atoms with Crippen molar-refractivity contribution in [2.24, 2.45) is 0 Å². The Bertz CT molecular complexity index is 440. The Morgan fingerprint density at radius 1 is 1.40 bits per heavy atom. The van der Waals surface area contributed by atoms with E-state index in [1.165, 1.54) is 0 Å². The minimum absolute atomic E-state index is 0. The van der Waals surface area contributed by atoms with Crippen LogP contribution in [0.25, 0.3) is 0 Å². The highest BCUT2D eigenvalue weighted by Gasteiger charge is 1.97. The lowest BCUT2D eigenvalue weighted by atomic mass is 10.2. The van der Waals surface area contributed by atoms with Gasteiger partial charge in [0.2, 0.25) is 0 Å². The minimum Gasteiger partial charge on any atom is -0.382 e. The molecule has 0 aliphatic carbocycles. The van der Waals surface area contributed by atoms with E-state index in [2.05, 4.69) is 4.98 Å². The van der Waals surface area contributed by atoms with Crippen molar-refractivity contribution in [3.8, 4) is 0 Å². The molecule has 5 heteroatoms. The van der Waals surface area contributed by atoms with Gasteiger partial charge in [-0.3, -0.25) is 0 Å². The molecule has 2 aromatic rings. The van der Waals surface area contributed by atoms with Crippen molar-refractivity contribution in [3.05, 3.63) is 47.4 Å². The first-order valence-corrected chi connectivity index (χ1v) is 4.63. The van der Waals surface area contributed by atoms with Crippen molar-refractivity contribution >= 4 is 29.8 Å². The zero-order chi connectivity index (χ0) is 9.97. The second-order valence-electron chi connectivity index (χ2n) is 3.10. The fraction of sp³-hybridized carbons (Fsp3) is 0.100. The molecule has 0 saturated heterocycles. The van der Waals surface area contributed by atoms with Gasteiger partial charge in [-0.05, 0) is 17.7 Å². The number of halogens is 2. The molecule has 0 aliphatic rings. The molecule has 0 atom stereocenters. The molecule has 0 fully saturated rings. The van der Waals surface area contributed by atoms with E-state index in [9.17, 15) is 0 Å². The lowest BCUT2D eigenvalue weighted by Crippen LogP contribution is -1.95. The molecule has 1 aromatic heterocycles. The van der Waals surface area contributed by atoms with Gasteiger partial charge >= 0.3 is 0 Å². The van der Waals surface area contributed by atoms with Crippen LogP contribution in [0.2, 0.25) is 5.02 Å². The Morgan fingerprint density at radius 2 is 2.20 bits per heavy atom. The predicted molar refractivity (Wildman–Crippen MR) is 64.4 cm³/mol. The SMILES string of the molecule is Cl.Nc1cn(Cc2cccc(Cl)c2)cn1. The molecule has 0 radical (unpaired) electrons. The molecule has 0 aliphatic heterocycles.